The average Bonchev–Trinajstić information content (AvgIpc) is 3.07. The summed E-state index contributed by atoms with van der Waals surface area (Å²) in [5, 5.41) is 12.2. The molecule has 4 N–H and O–H groups in total. The molecule has 1 amide bonds. The summed E-state index contributed by atoms with van der Waals surface area (Å²) in [5.41, 5.74) is 8.39. The van der Waals surface area contributed by atoms with Gasteiger partial charge in [0.25, 0.3) is 0 Å². The fourth-order valence-electron chi connectivity index (χ4n) is 2.66. The highest BCUT2D eigenvalue weighted by Gasteiger charge is 2.29. The zero-order valence-electron chi connectivity index (χ0n) is 12.7. The van der Waals surface area contributed by atoms with Gasteiger partial charge in [-0.3, -0.25) is 9.78 Å². The summed E-state index contributed by atoms with van der Waals surface area (Å²) < 4.78 is 0. The van der Waals surface area contributed by atoms with Crippen molar-refractivity contribution in [1.29, 1.82) is 0 Å². The molecule has 2 heterocycles. The van der Waals surface area contributed by atoms with E-state index in [2.05, 4.69) is 21.2 Å². The number of hydrazine groups is 1. The number of phenols is 1. The van der Waals surface area contributed by atoms with Crippen molar-refractivity contribution in [3.63, 3.8) is 0 Å². The molecule has 120 valence electrons. The Bertz CT molecular complexity index is 645. The van der Waals surface area contributed by atoms with Crippen LogP contribution < -0.4 is 16.2 Å². The lowest BCUT2D eigenvalue weighted by Crippen LogP contribution is -2.43. The van der Waals surface area contributed by atoms with Crippen molar-refractivity contribution in [3.8, 4) is 5.75 Å². The van der Waals surface area contributed by atoms with Crippen LogP contribution in [0.15, 0.2) is 48.8 Å². The van der Waals surface area contributed by atoms with E-state index in [1.165, 1.54) is 0 Å². The minimum atomic E-state index is -0.243. The third kappa shape index (κ3) is 4.06. The first-order chi connectivity index (χ1) is 11.2. The molecule has 1 aromatic carbocycles. The molecule has 0 radical (unpaired) electrons. The number of amides is 1. The highest BCUT2D eigenvalue weighted by atomic mass is 16.3. The number of carbonyl (C=O) groups excluding carboxylic acids is 1. The lowest BCUT2D eigenvalue weighted by Gasteiger charge is -2.11. The molecule has 3 rings (SSSR count). The van der Waals surface area contributed by atoms with Gasteiger partial charge in [-0.2, -0.15) is 0 Å². The fraction of sp³-hybridized carbons (Fsp3) is 0.294. The Morgan fingerprint density at radius 1 is 1.17 bits per heavy atom. The number of benzene rings is 1. The van der Waals surface area contributed by atoms with Crippen LogP contribution in [0.4, 0.5) is 0 Å². The standard InChI is InChI=1S/C17H20N4O2/c22-14-3-1-12(2-4-14)5-10-19-17(23)16-11-15(20-21-16)13-6-8-18-9-7-13/h1-4,6-9,15-16,20-22H,5,10-11H2,(H,19,23). The van der Waals surface area contributed by atoms with Gasteiger partial charge in [-0.15, -0.1) is 0 Å². The SMILES string of the molecule is O=C(NCCc1ccc(O)cc1)C1CC(c2ccncc2)NN1. The van der Waals surface area contributed by atoms with E-state index in [0.29, 0.717) is 13.0 Å². The summed E-state index contributed by atoms with van der Waals surface area (Å²) in [6.07, 6.45) is 4.94. The summed E-state index contributed by atoms with van der Waals surface area (Å²) in [7, 11) is 0. The van der Waals surface area contributed by atoms with Crippen molar-refractivity contribution in [1.82, 2.24) is 21.2 Å². The molecule has 1 aliphatic heterocycles. The number of hydrogen-bond donors (Lipinski definition) is 4. The lowest BCUT2D eigenvalue weighted by molar-refractivity contribution is -0.122. The van der Waals surface area contributed by atoms with Crippen molar-refractivity contribution >= 4 is 5.91 Å². The summed E-state index contributed by atoms with van der Waals surface area (Å²) in [6.45, 7) is 0.571. The molecule has 1 fully saturated rings. The number of hydrogen-bond acceptors (Lipinski definition) is 5. The van der Waals surface area contributed by atoms with E-state index in [1.54, 1.807) is 24.5 Å². The number of pyridine rings is 1. The Hall–Kier alpha value is -2.44. The Labute approximate surface area is 134 Å². The fourth-order valence-corrected chi connectivity index (χ4v) is 2.66. The molecule has 0 aliphatic carbocycles. The van der Waals surface area contributed by atoms with Gasteiger partial charge in [0.15, 0.2) is 0 Å². The van der Waals surface area contributed by atoms with Gasteiger partial charge in [-0.05, 0) is 48.2 Å². The molecule has 2 unspecified atom stereocenters. The molecular weight excluding hydrogens is 292 g/mol. The van der Waals surface area contributed by atoms with Crippen LogP contribution >= 0.6 is 0 Å². The zero-order chi connectivity index (χ0) is 16.1. The monoisotopic (exact) mass is 312 g/mol. The van der Waals surface area contributed by atoms with Crippen LogP contribution in [0.1, 0.15) is 23.6 Å². The maximum absolute atomic E-state index is 12.2. The Morgan fingerprint density at radius 3 is 2.65 bits per heavy atom. The summed E-state index contributed by atoms with van der Waals surface area (Å²) in [4.78, 5) is 16.2. The van der Waals surface area contributed by atoms with Gasteiger partial charge in [0.05, 0.1) is 0 Å². The second-order valence-electron chi connectivity index (χ2n) is 5.62. The minimum Gasteiger partial charge on any atom is -0.508 e. The molecule has 6 heteroatoms. The van der Waals surface area contributed by atoms with E-state index in [4.69, 9.17) is 0 Å². The quantitative estimate of drug-likeness (QED) is 0.663. The van der Waals surface area contributed by atoms with Crippen LogP contribution in [0.5, 0.6) is 5.75 Å². The molecule has 1 aromatic heterocycles. The van der Waals surface area contributed by atoms with Gasteiger partial charge in [0.1, 0.15) is 11.8 Å². The molecule has 0 spiro atoms. The summed E-state index contributed by atoms with van der Waals surface area (Å²) in [6, 6.07) is 10.8. The van der Waals surface area contributed by atoms with E-state index in [1.807, 2.05) is 24.3 Å². The summed E-state index contributed by atoms with van der Waals surface area (Å²) >= 11 is 0. The van der Waals surface area contributed by atoms with Gasteiger partial charge in [-0.1, -0.05) is 12.1 Å². The van der Waals surface area contributed by atoms with Crippen LogP contribution in [0.25, 0.3) is 0 Å². The third-order valence-corrected chi connectivity index (χ3v) is 3.98. The number of aromatic hydroxyl groups is 1. The van der Waals surface area contributed by atoms with E-state index in [0.717, 1.165) is 17.5 Å². The van der Waals surface area contributed by atoms with E-state index in [-0.39, 0.29) is 23.7 Å². The first-order valence-electron chi connectivity index (χ1n) is 7.69. The molecule has 6 nitrogen and oxygen atoms in total. The molecule has 23 heavy (non-hydrogen) atoms. The van der Waals surface area contributed by atoms with E-state index < -0.39 is 0 Å². The van der Waals surface area contributed by atoms with Crippen LogP contribution in [0.3, 0.4) is 0 Å². The van der Waals surface area contributed by atoms with Crippen molar-refractivity contribution in [2.75, 3.05) is 6.54 Å². The van der Waals surface area contributed by atoms with E-state index in [9.17, 15) is 9.90 Å². The van der Waals surface area contributed by atoms with Gasteiger partial charge in [0, 0.05) is 25.0 Å². The number of nitrogens with one attached hydrogen (secondary N) is 3. The zero-order valence-corrected chi connectivity index (χ0v) is 12.7. The minimum absolute atomic E-state index is 0.00663. The Kier molecular flexibility index (Phi) is 4.85. The smallest absolute Gasteiger partial charge is 0.238 e. The molecule has 1 saturated heterocycles. The average molecular weight is 312 g/mol. The molecule has 1 aliphatic rings. The van der Waals surface area contributed by atoms with Crippen LogP contribution in [0.2, 0.25) is 0 Å². The molecule has 0 bridgehead atoms. The predicted molar refractivity (Wildman–Crippen MR) is 86.5 cm³/mol. The first-order valence-corrected chi connectivity index (χ1v) is 7.69. The highest BCUT2D eigenvalue weighted by molar-refractivity contribution is 5.82. The van der Waals surface area contributed by atoms with E-state index >= 15 is 0 Å². The molecular formula is C17H20N4O2. The molecule has 2 aromatic rings. The van der Waals surface area contributed by atoms with Crippen LogP contribution in [-0.2, 0) is 11.2 Å². The van der Waals surface area contributed by atoms with Crippen LogP contribution in [-0.4, -0.2) is 28.6 Å². The van der Waals surface area contributed by atoms with Gasteiger partial charge in [0.2, 0.25) is 5.91 Å². The number of rotatable bonds is 5. The highest BCUT2D eigenvalue weighted by Crippen LogP contribution is 2.21. The third-order valence-electron chi connectivity index (χ3n) is 3.98. The topological polar surface area (TPSA) is 86.3 Å². The Balaban J connectivity index is 1.45. The second-order valence-corrected chi connectivity index (χ2v) is 5.62. The van der Waals surface area contributed by atoms with Crippen molar-refractivity contribution in [2.45, 2.75) is 24.9 Å². The first kappa shape index (κ1) is 15.5. The van der Waals surface area contributed by atoms with Crippen molar-refractivity contribution < 1.29 is 9.90 Å². The second kappa shape index (κ2) is 7.21. The van der Waals surface area contributed by atoms with Crippen LogP contribution in [0, 0.1) is 0 Å². The lowest BCUT2D eigenvalue weighted by atomic mass is 10.0. The normalized spacial score (nSPS) is 20.3. The molecule has 0 saturated carbocycles. The van der Waals surface area contributed by atoms with Crippen molar-refractivity contribution in [2.24, 2.45) is 0 Å². The number of carbonyl (C=O) groups is 1. The number of nitrogens with zero attached hydrogens (tertiary/aromatic N) is 1. The maximum atomic E-state index is 12.2. The Morgan fingerprint density at radius 2 is 1.91 bits per heavy atom. The number of aromatic nitrogens is 1. The van der Waals surface area contributed by atoms with Gasteiger partial charge < -0.3 is 10.4 Å². The van der Waals surface area contributed by atoms with Gasteiger partial charge >= 0.3 is 0 Å². The van der Waals surface area contributed by atoms with Crippen molar-refractivity contribution in [3.05, 3.63) is 59.9 Å². The summed E-state index contributed by atoms with van der Waals surface area (Å²) in [5.74, 6) is 0.244. The maximum Gasteiger partial charge on any atom is 0.238 e. The largest absolute Gasteiger partial charge is 0.508 e. The predicted octanol–water partition coefficient (Wildman–Crippen LogP) is 1.05. The van der Waals surface area contributed by atoms with Gasteiger partial charge in [-0.25, -0.2) is 10.9 Å². The number of phenolic OH excluding ortho intramolecular Hbond substituents is 1. The molecule has 2 atom stereocenters.